The molecule has 7 heteroatoms. The maximum Gasteiger partial charge on any atom is 0.311 e. The molecule has 2 N–H and O–H groups in total. The number of methoxy groups -OCH3 is 1. The number of esters is 1. The van der Waals surface area contributed by atoms with Crippen LogP contribution in [0.3, 0.4) is 0 Å². The molecule has 2 aromatic carbocycles. The summed E-state index contributed by atoms with van der Waals surface area (Å²) in [5, 5.41) is 5.32. The number of hydrogen-bond acceptors (Lipinski definition) is 5. The first-order valence-electron chi connectivity index (χ1n) is 8.38. The standard InChI is InChI=1S/C20H22N2O5/c1-13(20(25)22-17-8-10-18(26-3)11-9-17)27-19(24)12-15-4-6-16(7-5-15)21-14(2)23/h4-11,13H,12H2,1-3H3,(H,21,23)(H,22,25)/t13-/m1/s1. The number of carbonyl (C=O) groups is 3. The van der Waals surface area contributed by atoms with E-state index in [0.29, 0.717) is 17.1 Å². The predicted molar refractivity (Wildman–Crippen MR) is 102 cm³/mol. The Hall–Kier alpha value is -3.35. The van der Waals surface area contributed by atoms with Crippen LogP contribution in [0.1, 0.15) is 19.4 Å². The summed E-state index contributed by atoms with van der Waals surface area (Å²) in [7, 11) is 1.56. The maximum atomic E-state index is 12.1. The molecule has 142 valence electrons. The smallest absolute Gasteiger partial charge is 0.311 e. The fraction of sp³-hybridized carbons (Fsp3) is 0.250. The van der Waals surface area contributed by atoms with Crippen LogP contribution in [-0.4, -0.2) is 31.0 Å². The molecule has 2 rings (SSSR count). The number of ether oxygens (including phenoxy) is 2. The van der Waals surface area contributed by atoms with Crippen molar-refractivity contribution in [3.8, 4) is 5.75 Å². The van der Waals surface area contributed by atoms with E-state index in [1.807, 2.05) is 0 Å². The molecule has 7 nitrogen and oxygen atoms in total. The van der Waals surface area contributed by atoms with Crippen molar-refractivity contribution in [1.29, 1.82) is 0 Å². The molecule has 27 heavy (non-hydrogen) atoms. The van der Waals surface area contributed by atoms with Crippen LogP contribution in [0.5, 0.6) is 5.75 Å². The molecule has 0 fully saturated rings. The van der Waals surface area contributed by atoms with Crippen LogP contribution in [-0.2, 0) is 25.5 Å². The van der Waals surface area contributed by atoms with Crippen LogP contribution in [0.15, 0.2) is 48.5 Å². The summed E-state index contributed by atoms with van der Waals surface area (Å²) in [6.45, 7) is 2.93. The predicted octanol–water partition coefficient (Wildman–Crippen LogP) is 2.77. The highest BCUT2D eigenvalue weighted by Gasteiger charge is 2.18. The van der Waals surface area contributed by atoms with E-state index in [9.17, 15) is 14.4 Å². The minimum absolute atomic E-state index is 0.0283. The van der Waals surface area contributed by atoms with Gasteiger partial charge in [0.25, 0.3) is 5.91 Å². The zero-order valence-electron chi connectivity index (χ0n) is 15.4. The Morgan fingerprint density at radius 3 is 2.04 bits per heavy atom. The van der Waals surface area contributed by atoms with Crippen LogP contribution < -0.4 is 15.4 Å². The summed E-state index contributed by atoms with van der Waals surface area (Å²) in [5.74, 6) is -0.426. The summed E-state index contributed by atoms with van der Waals surface area (Å²) in [6.07, 6.45) is -0.904. The molecule has 0 saturated heterocycles. The first kappa shape index (κ1) is 20.0. The van der Waals surface area contributed by atoms with Crippen molar-refractivity contribution in [3.63, 3.8) is 0 Å². The number of carbonyl (C=O) groups excluding carboxylic acids is 3. The van der Waals surface area contributed by atoms with Crippen molar-refractivity contribution in [3.05, 3.63) is 54.1 Å². The fourth-order valence-electron chi connectivity index (χ4n) is 2.29. The van der Waals surface area contributed by atoms with Crippen molar-refractivity contribution in [2.45, 2.75) is 26.4 Å². The molecule has 0 aliphatic rings. The second-order valence-corrected chi connectivity index (χ2v) is 5.90. The van der Waals surface area contributed by atoms with Gasteiger partial charge in [-0.2, -0.15) is 0 Å². The third-order valence-corrected chi connectivity index (χ3v) is 3.66. The van der Waals surface area contributed by atoms with Crippen LogP contribution in [0, 0.1) is 0 Å². The molecule has 0 spiro atoms. The average molecular weight is 370 g/mol. The van der Waals surface area contributed by atoms with E-state index < -0.39 is 18.0 Å². The Morgan fingerprint density at radius 1 is 0.926 bits per heavy atom. The Balaban J connectivity index is 1.84. The van der Waals surface area contributed by atoms with E-state index in [0.717, 1.165) is 5.56 Å². The van der Waals surface area contributed by atoms with Gasteiger partial charge in [-0.15, -0.1) is 0 Å². The molecule has 0 aromatic heterocycles. The highest BCUT2D eigenvalue weighted by molar-refractivity contribution is 5.95. The number of hydrogen-bond donors (Lipinski definition) is 2. The van der Waals surface area contributed by atoms with Gasteiger partial charge in [0.05, 0.1) is 13.5 Å². The Kier molecular flexibility index (Phi) is 6.93. The lowest BCUT2D eigenvalue weighted by atomic mass is 10.1. The minimum atomic E-state index is -0.932. The van der Waals surface area contributed by atoms with Crippen molar-refractivity contribution in [2.24, 2.45) is 0 Å². The van der Waals surface area contributed by atoms with Crippen LogP contribution in [0.2, 0.25) is 0 Å². The molecule has 0 aliphatic carbocycles. The van der Waals surface area contributed by atoms with Gasteiger partial charge in [0.2, 0.25) is 5.91 Å². The lowest BCUT2D eigenvalue weighted by molar-refractivity contribution is -0.152. The summed E-state index contributed by atoms with van der Waals surface area (Å²) >= 11 is 0. The lowest BCUT2D eigenvalue weighted by Crippen LogP contribution is -2.30. The fourth-order valence-corrected chi connectivity index (χ4v) is 2.29. The molecule has 0 heterocycles. The van der Waals surface area contributed by atoms with E-state index in [2.05, 4.69) is 10.6 Å². The number of benzene rings is 2. The Morgan fingerprint density at radius 2 is 1.48 bits per heavy atom. The quantitative estimate of drug-likeness (QED) is 0.731. The molecule has 0 aliphatic heterocycles. The second kappa shape index (κ2) is 9.38. The topological polar surface area (TPSA) is 93.7 Å². The number of nitrogens with one attached hydrogen (secondary N) is 2. The SMILES string of the molecule is COc1ccc(NC(=O)[C@@H](C)OC(=O)Cc2ccc(NC(C)=O)cc2)cc1. The van der Waals surface area contributed by atoms with Crippen LogP contribution >= 0.6 is 0 Å². The van der Waals surface area contributed by atoms with Gasteiger partial charge in [-0.25, -0.2) is 0 Å². The number of rotatable bonds is 7. The number of anilines is 2. The van der Waals surface area contributed by atoms with E-state index in [-0.39, 0.29) is 12.3 Å². The van der Waals surface area contributed by atoms with Gasteiger partial charge in [0, 0.05) is 18.3 Å². The van der Waals surface area contributed by atoms with E-state index >= 15 is 0 Å². The third kappa shape index (κ3) is 6.47. The van der Waals surface area contributed by atoms with E-state index in [1.54, 1.807) is 55.6 Å². The first-order valence-corrected chi connectivity index (χ1v) is 8.38. The molecule has 0 bridgehead atoms. The zero-order valence-corrected chi connectivity index (χ0v) is 15.4. The molecule has 0 unspecified atom stereocenters. The van der Waals surface area contributed by atoms with Gasteiger partial charge in [-0.05, 0) is 48.9 Å². The van der Waals surface area contributed by atoms with Crippen molar-refractivity contribution in [1.82, 2.24) is 0 Å². The van der Waals surface area contributed by atoms with Crippen molar-refractivity contribution in [2.75, 3.05) is 17.7 Å². The average Bonchev–Trinajstić information content (AvgIpc) is 2.63. The van der Waals surface area contributed by atoms with Gasteiger partial charge >= 0.3 is 5.97 Å². The zero-order chi connectivity index (χ0) is 19.8. The van der Waals surface area contributed by atoms with Crippen LogP contribution in [0.4, 0.5) is 11.4 Å². The van der Waals surface area contributed by atoms with Crippen molar-refractivity contribution < 1.29 is 23.9 Å². The van der Waals surface area contributed by atoms with Gasteiger partial charge < -0.3 is 20.1 Å². The van der Waals surface area contributed by atoms with Crippen LogP contribution in [0.25, 0.3) is 0 Å². The molecule has 0 saturated carbocycles. The van der Waals surface area contributed by atoms with Gasteiger partial charge in [0.1, 0.15) is 5.75 Å². The molecular formula is C20H22N2O5. The van der Waals surface area contributed by atoms with Gasteiger partial charge in [-0.1, -0.05) is 12.1 Å². The third-order valence-electron chi connectivity index (χ3n) is 3.66. The summed E-state index contributed by atoms with van der Waals surface area (Å²) in [6, 6.07) is 13.7. The van der Waals surface area contributed by atoms with E-state index in [4.69, 9.17) is 9.47 Å². The monoisotopic (exact) mass is 370 g/mol. The highest BCUT2D eigenvalue weighted by atomic mass is 16.5. The van der Waals surface area contributed by atoms with Gasteiger partial charge in [0.15, 0.2) is 6.10 Å². The summed E-state index contributed by atoms with van der Waals surface area (Å²) in [4.78, 5) is 35.2. The summed E-state index contributed by atoms with van der Waals surface area (Å²) < 4.78 is 10.2. The van der Waals surface area contributed by atoms with Gasteiger partial charge in [-0.3, -0.25) is 14.4 Å². The van der Waals surface area contributed by atoms with E-state index in [1.165, 1.54) is 13.8 Å². The minimum Gasteiger partial charge on any atom is -0.497 e. The maximum absolute atomic E-state index is 12.1. The molecule has 2 aromatic rings. The number of amides is 2. The normalized spacial score (nSPS) is 11.2. The Bertz CT molecular complexity index is 800. The largest absolute Gasteiger partial charge is 0.497 e. The lowest BCUT2D eigenvalue weighted by Gasteiger charge is -2.14. The molecular weight excluding hydrogens is 348 g/mol. The second-order valence-electron chi connectivity index (χ2n) is 5.90. The summed E-state index contributed by atoms with van der Waals surface area (Å²) in [5.41, 5.74) is 1.95. The molecule has 2 amide bonds. The Labute approximate surface area is 157 Å². The molecule has 1 atom stereocenters. The first-order chi connectivity index (χ1) is 12.9. The van der Waals surface area contributed by atoms with Crippen molar-refractivity contribution >= 4 is 29.2 Å². The highest BCUT2D eigenvalue weighted by Crippen LogP contribution is 2.16. The molecule has 0 radical (unpaired) electrons.